The Morgan fingerprint density at radius 1 is 1.12 bits per heavy atom. The van der Waals surface area contributed by atoms with Crippen LogP contribution in [0.4, 0.5) is 4.39 Å². The number of carbonyl (C=O) groups is 1. The average molecular weight is 345 g/mol. The Morgan fingerprint density at radius 2 is 1.88 bits per heavy atom. The van der Waals surface area contributed by atoms with Gasteiger partial charge in [-0.2, -0.15) is 0 Å². The van der Waals surface area contributed by atoms with E-state index < -0.39 is 10.8 Å². The molecule has 5 heteroatoms. The summed E-state index contributed by atoms with van der Waals surface area (Å²) in [4.78, 5) is 12.0. The van der Waals surface area contributed by atoms with Crippen LogP contribution >= 0.6 is 0 Å². The molecule has 1 amide bonds. The van der Waals surface area contributed by atoms with Gasteiger partial charge in [-0.05, 0) is 36.1 Å². The molecule has 1 fully saturated rings. The monoisotopic (exact) mass is 345 g/mol. The third-order valence-electron chi connectivity index (χ3n) is 4.37. The van der Waals surface area contributed by atoms with Gasteiger partial charge in [0.05, 0.1) is 0 Å². The van der Waals surface area contributed by atoms with Gasteiger partial charge >= 0.3 is 0 Å². The molecule has 0 saturated heterocycles. The van der Waals surface area contributed by atoms with Gasteiger partial charge < -0.3 is 5.32 Å². The number of hydrogen-bond acceptors (Lipinski definition) is 2. The van der Waals surface area contributed by atoms with Crippen LogP contribution in [-0.4, -0.2) is 22.4 Å². The number of carbonyl (C=O) groups excluding carboxylic acids is 1. The number of nitrogens with one attached hydrogen (secondary N) is 1. The molecule has 0 aromatic heterocycles. The molecule has 2 aromatic rings. The van der Waals surface area contributed by atoms with Crippen LogP contribution < -0.4 is 5.32 Å². The molecule has 0 spiro atoms. The summed E-state index contributed by atoms with van der Waals surface area (Å²) in [6.45, 7) is 0.576. The zero-order valence-electron chi connectivity index (χ0n) is 13.3. The van der Waals surface area contributed by atoms with Gasteiger partial charge in [0.25, 0.3) is 0 Å². The molecule has 1 N–H and O–H groups in total. The summed E-state index contributed by atoms with van der Waals surface area (Å²) < 4.78 is 25.2. The molecular weight excluding hydrogens is 325 g/mol. The maximum Gasteiger partial charge on any atom is 0.232 e. The smallest absolute Gasteiger partial charge is 0.232 e. The largest absolute Gasteiger partial charge is 0.354 e. The molecular formula is C19H20FNO2S. The van der Waals surface area contributed by atoms with Gasteiger partial charge in [0, 0.05) is 28.5 Å². The topological polar surface area (TPSA) is 46.2 Å². The lowest BCUT2D eigenvalue weighted by Crippen LogP contribution is -2.35. The van der Waals surface area contributed by atoms with E-state index in [1.165, 1.54) is 17.7 Å². The lowest BCUT2D eigenvalue weighted by Gasteiger charge is -2.16. The quantitative estimate of drug-likeness (QED) is 0.839. The van der Waals surface area contributed by atoms with Crippen LogP contribution in [0.2, 0.25) is 0 Å². The Kier molecular flexibility index (Phi) is 5.09. The van der Waals surface area contributed by atoms with Crippen LogP contribution in [-0.2, 0) is 26.8 Å². The van der Waals surface area contributed by atoms with E-state index in [0.29, 0.717) is 12.1 Å². The van der Waals surface area contributed by atoms with Crippen molar-refractivity contribution in [1.82, 2.24) is 5.32 Å². The third-order valence-corrected chi connectivity index (χ3v) is 5.61. The SMILES string of the molecule is O=C(C[S@@](=O)Cc1cccc(F)c1)NCC1(c2ccccc2)CC1. The molecule has 1 atom stereocenters. The molecule has 2 aromatic carbocycles. The summed E-state index contributed by atoms with van der Waals surface area (Å²) in [5, 5.41) is 2.91. The first-order chi connectivity index (χ1) is 11.6. The number of benzene rings is 2. The van der Waals surface area contributed by atoms with Crippen molar-refractivity contribution in [3.05, 3.63) is 71.5 Å². The summed E-state index contributed by atoms with van der Waals surface area (Å²) in [7, 11) is -1.34. The molecule has 0 heterocycles. The van der Waals surface area contributed by atoms with Gasteiger partial charge in [-0.25, -0.2) is 4.39 Å². The van der Waals surface area contributed by atoms with E-state index in [-0.39, 0.29) is 28.6 Å². The summed E-state index contributed by atoms with van der Waals surface area (Å²) in [5.74, 6) is -0.435. The number of halogens is 1. The Balaban J connectivity index is 1.48. The maximum absolute atomic E-state index is 13.1. The van der Waals surface area contributed by atoms with Crippen molar-refractivity contribution in [1.29, 1.82) is 0 Å². The maximum atomic E-state index is 13.1. The van der Waals surface area contributed by atoms with E-state index in [9.17, 15) is 13.4 Å². The van der Waals surface area contributed by atoms with Crippen molar-refractivity contribution in [2.75, 3.05) is 12.3 Å². The lowest BCUT2D eigenvalue weighted by molar-refractivity contribution is -0.118. The van der Waals surface area contributed by atoms with Crippen LogP contribution in [0, 0.1) is 5.82 Å². The minimum absolute atomic E-state index is 0.0426. The van der Waals surface area contributed by atoms with Crippen LogP contribution in [0.25, 0.3) is 0 Å². The minimum Gasteiger partial charge on any atom is -0.354 e. The summed E-state index contributed by atoms with van der Waals surface area (Å²) in [6.07, 6.45) is 2.12. The molecule has 1 saturated carbocycles. The number of hydrogen-bond donors (Lipinski definition) is 1. The average Bonchev–Trinajstić information content (AvgIpc) is 3.35. The third kappa shape index (κ3) is 4.29. The molecule has 0 radical (unpaired) electrons. The van der Waals surface area contributed by atoms with Crippen molar-refractivity contribution >= 4 is 16.7 Å². The van der Waals surface area contributed by atoms with E-state index in [0.717, 1.165) is 12.8 Å². The Labute approximate surface area is 143 Å². The van der Waals surface area contributed by atoms with Crippen molar-refractivity contribution in [2.24, 2.45) is 0 Å². The van der Waals surface area contributed by atoms with E-state index in [4.69, 9.17) is 0 Å². The second-order valence-corrected chi connectivity index (χ2v) is 7.74. The highest BCUT2D eigenvalue weighted by molar-refractivity contribution is 7.84. The fourth-order valence-corrected chi connectivity index (χ4v) is 3.89. The van der Waals surface area contributed by atoms with Crippen molar-refractivity contribution in [3.8, 4) is 0 Å². The van der Waals surface area contributed by atoms with Gasteiger partial charge in [-0.3, -0.25) is 9.00 Å². The summed E-state index contributed by atoms with van der Waals surface area (Å²) in [6, 6.07) is 16.2. The molecule has 3 nitrogen and oxygen atoms in total. The lowest BCUT2D eigenvalue weighted by atomic mass is 9.96. The zero-order valence-corrected chi connectivity index (χ0v) is 14.2. The van der Waals surface area contributed by atoms with Crippen LogP contribution in [0.3, 0.4) is 0 Å². The fourth-order valence-electron chi connectivity index (χ4n) is 2.84. The predicted molar refractivity (Wildman–Crippen MR) is 93.5 cm³/mol. The van der Waals surface area contributed by atoms with Crippen molar-refractivity contribution < 1.29 is 13.4 Å². The first-order valence-electron chi connectivity index (χ1n) is 7.99. The summed E-state index contributed by atoms with van der Waals surface area (Å²) >= 11 is 0. The predicted octanol–water partition coefficient (Wildman–Crippen LogP) is 2.92. The van der Waals surface area contributed by atoms with Crippen LogP contribution in [0.15, 0.2) is 54.6 Å². The highest BCUT2D eigenvalue weighted by Crippen LogP contribution is 2.47. The van der Waals surface area contributed by atoms with Gasteiger partial charge in [-0.15, -0.1) is 0 Å². The normalized spacial score (nSPS) is 16.4. The van der Waals surface area contributed by atoms with Gasteiger partial charge in [0.15, 0.2) is 0 Å². The van der Waals surface area contributed by atoms with E-state index in [1.54, 1.807) is 12.1 Å². The van der Waals surface area contributed by atoms with Gasteiger partial charge in [0.2, 0.25) is 5.91 Å². The molecule has 0 unspecified atom stereocenters. The van der Waals surface area contributed by atoms with Gasteiger partial charge in [-0.1, -0.05) is 42.5 Å². The second kappa shape index (κ2) is 7.26. The number of amides is 1. The first-order valence-corrected chi connectivity index (χ1v) is 9.48. The van der Waals surface area contributed by atoms with E-state index >= 15 is 0 Å². The molecule has 1 aliphatic rings. The van der Waals surface area contributed by atoms with Crippen molar-refractivity contribution in [2.45, 2.75) is 24.0 Å². The Hall–Kier alpha value is -2.01. The first kappa shape index (κ1) is 16.8. The van der Waals surface area contributed by atoms with E-state index in [2.05, 4.69) is 17.4 Å². The van der Waals surface area contributed by atoms with Crippen LogP contribution in [0.1, 0.15) is 24.0 Å². The molecule has 0 aliphatic heterocycles. The number of rotatable bonds is 7. The van der Waals surface area contributed by atoms with Gasteiger partial charge in [0.1, 0.15) is 11.6 Å². The highest BCUT2D eigenvalue weighted by Gasteiger charge is 2.44. The summed E-state index contributed by atoms with van der Waals surface area (Å²) in [5.41, 5.74) is 1.93. The molecule has 24 heavy (non-hydrogen) atoms. The Morgan fingerprint density at radius 3 is 2.54 bits per heavy atom. The molecule has 0 bridgehead atoms. The second-order valence-electron chi connectivity index (χ2n) is 6.28. The van der Waals surface area contributed by atoms with E-state index in [1.807, 2.05) is 18.2 Å². The highest BCUT2D eigenvalue weighted by atomic mass is 32.2. The van der Waals surface area contributed by atoms with Crippen LogP contribution in [0.5, 0.6) is 0 Å². The van der Waals surface area contributed by atoms with Crippen molar-refractivity contribution in [3.63, 3.8) is 0 Å². The molecule has 1 aliphatic carbocycles. The Bertz CT molecular complexity index is 744. The standard InChI is InChI=1S/C19H20FNO2S/c20-17-8-4-5-15(11-17)12-24(23)13-18(22)21-14-19(9-10-19)16-6-2-1-3-7-16/h1-8,11H,9-10,12-14H2,(H,21,22)/t24-/m0/s1. The minimum atomic E-state index is -1.34. The molecule has 3 rings (SSSR count). The fraction of sp³-hybridized carbons (Fsp3) is 0.316. The zero-order chi connectivity index (χ0) is 17.0. The molecule has 126 valence electrons.